The number of rotatable bonds is 5. The number of benzene rings is 1. The second kappa shape index (κ2) is 8.71. The van der Waals surface area contributed by atoms with Gasteiger partial charge in [-0.2, -0.15) is 0 Å². The van der Waals surface area contributed by atoms with E-state index in [0.29, 0.717) is 12.0 Å². The van der Waals surface area contributed by atoms with Crippen LogP contribution >= 0.6 is 11.3 Å². The van der Waals surface area contributed by atoms with E-state index in [1.54, 1.807) is 11.3 Å². The SMILES string of the molecule is NC(=NCC1CCCN1Cc1ccccc1)N1CCN(c2nccs2)CC1. The van der Waals surface area contributed by atoms with Crippen LogP contribution in [-0.4, -0.2) is 66.1 Å². The number of aliphatic imine (C=N–C) groups is 1. The molecule has 2 aliphatic heterocycles. The van der Waals surface area contributed by atoms with E-state index in [-0.39, 0.29) is 0 Å². The van der Waals surface area contributed by atoms with E-state index in [4.69, 9.17) is 10.7 Å². The lowest BCUT2D eigenvalue weighted by molar-refractivity contribution is 0.250. The summed E-state index contributed by atoms with van der Waals surface area (Å²) in [7, 11) is 0. The van der Waals surface area contributed by atoms with Crippen LogP contribution < -0.4 is 10.6 Å². The lowest BCUT2D eigenvalue weighted by atomic mass is 10.2. The first-order chi connectivity index (χ1) is 13.3. The fourth-order valence-electron chi connectivity index (χ4n) is 3.93. The minimum atomic E-state index is 0.500. The summed E-state index contributed by atoms with van der Waals surface area (Å²) in [5.74, 6) is 0.695. The number of guanidine groups is 1. The lowest BCUT2D eigenvalue weighted by Gasteiger charge is -2.35. The molecule has 1 aromatic carbocycles. The Morgan fingerprint density at radius 1 is 1.15 bits per heavy atom. The summed E-state index contributed by atoms with van der Waals surface area (Å²) >= 11 is 1.70. The number of hydrogen-bond acceptors (Lipinski definition) is 5. The summed E-state index contributed by atoms with van der Waals surface area (Å²) < 4.78 is 0. The van der Waals surface area contributed by atoms with Crippen LogP contribution in [0, 0.1) is 0 Å². The van der Waals surface area contributed by atoms with Gasteiger partial charge in [-0.15, -0.1) is 11.3 Å². The average Bonchev–Trinajstić information content (AvgIpc) is 3.39. The molecule has 1 aromatic heterocycles. The zero-order valence-corrected chi connectivity index (χ0v) is 16.5. The molecule has 0 bridgehead atoms. The Kier molecular flexibility index (Phi) is 5.89. The van der Waals surface area contributed by atoms with Crippen LogP contribution in [-0.2, 0) is 6.54 Å². The first kappa shape index (κ1) is 18.3. The van der Waals surface area contributed by atoms with Gasteiger partial charge in [0, 0.05) is 50.3 Å². The Labute approximate surface area is 165 Å². The molecule has 2 aliphatic rings. The molecule has 2 fully saturated rings. The Morgan fingerprint density at radius 2 is 1.96 bits per heavy atom. The van der Waals surface area contributed by atoms with Gasteiger partial charge in [-0.1, -0.05) is 30.3 Å². The second-order valence-corrected chi connectivity index (χ2v) is 8.11. The topological polar surface area (TPSA) is 61.0 Å². The van der Waals surface area contributed by atoms with Gasteiger partial charge in [0.15, 0.2) is 11.1 Å². The molecule has 0 amide bonds. The summed E-state index contributed by atoms with van der Waals surface area (Å²) in [6.07, 6.45) is 4.33. The highest BCUT2D eigenvalue weighted by Gasteiger charge is 2.25. The van der Waals surface area contributed by atoms with E-state index in [2.05, 4.69) is 50.0 Å². The zero-order chi connectivity index (χ0) is 18.5. The van der Waals surface area contributed by atoms with Crippen molar-refractivity contribution < 1.29 is 0 Å². The van der Waals surface area contributed by atoms with Gasteiger partial charge in [-0.25, -0.2) is 4.98 Å². The van der Waals surface area contributed by atoms with Gasteiger partial charge in [-0.3, -0.25) is 9.89 Å². The van der Waals surface area contributed by atoms with Crippen molar-refractivity contribution in [3.63, 3.8) is 0 Å². The van der Waals surface area contributed by atoms with Crippen molar-refractivity contribution in [3.8, 4) is 0 Å². The van der Waals surface area contributed by atoms with Crippen LogP contribution in [0.5, 0.6) is 0 Å². The first-order valence-corrected chi connectivity index (χ1v) is 10.6. The minimum Gasteiger partial charge on any atom is -0.370 e. The predicted molar refractivity (Wildman–Crippen MR) is 112 cm³/mol. The Morgan fingerprint density at radius 3 is 2.70 bits per heavy atom. The van der Waals surface area contributed by atoms with E-state index in [1.165, 1.54) is 18.4 Å². The summed E-state index contributed by atoms with van der Waals surface area (Å²) in [6, 6.07) is 11.2. The van der Waals surface area contributed by atoms with Crippen LogP contribution in [0.3, 0.4) is 0 Å². The fraction of sp³-hybridized carbons (Fsp3) is 0.500. The van der Waals surface area contributed by atoms with Gasteiger partial charge < -0.3 is 15.5 Å². The summed E-state index contributed by atoms with van der Waals surface area (Å²) in [6.45, 7) is 6.68. The molecule has 144 valence electrons. The van der Waals surface area contributed by atoms with Gasteiger partial charge in [0.05, 0.1) is 6.54 Å². The molecule has 4 rings (SSSR count). The first-order valence-electron chi connectivity index (χ1n) is 9.77. The molecule has 0 radical (unpaired) electrons. The number of nitrogens with two attached hydrogens (primary N) is 1. The molecular formula is C20H28N6S. The normalized spacial score (nSPS) is 21.8. The van der Waals surface area contributed by atoms with Crippen molar-refractivity contribution >= 4 is 22.4 Å². The van der Waals surface area contributed by atoms with Gasteiger partial charge in [0.2, 0.25) is 0 Å². The zero-order valence-electron chi connectivity index (χ0n) is 15.7. The van der Waals surface area contributed by atoms with E-state index in [1.807, 2.05) is 11.6 Å². The van der Waals surface area contributed by atoms with Crippen molar-refractivity contribution in [2.24, 2.45) is 10.7 Å². The highest BCUT2D eigenvalue weighted by atomic mass is 32.1. The van der Waals surface area contributed by atoms with Crippen molar-refractivity contribution in [2.75, 3.05) is 44.2 Å². The number of thiazole rings is 1. The minimum absolute atomic E-state index is 0.500. The maximum absolute atomic E-state index is 6.31. The van der Waals surface area contributed by atoms with Crippen molar-refractivity contribution in [2.45, 2.75) is 25.4 Å². The number of anilines is 1. The Bertz CT molecular complexity index is 724. The Hall–Kier alpha value is -2.12. The monoisotopic (exact) mass is 384 g/mol. The summed E-state index contributed by atoms with van der Waals surface area (Å²) in [5.41, 5.74) is 7.69. The predicted octanol–water partition coefficient (Wildman–Crippen LogP) is 2.24. The molecule has 0 aliphatic carbocycles. The molecule has 7 heteroatoms. The quantitative estimate of drug-likeness (QED) is 0.633. The van der Waals surface area contributed by atoms with E-state index in [0.717, 1.165) is 50.9 Å². The van der Waals surface area contributed by atoms with E-state index >= 15 is 0 Å². The number of nitrogens with zero attached hydrogens (tertiary/aromatic N) is 5. The summed E-state index contributed by atoms with van der Waals surface area (Å²) in [5, 5.41) is 3.13. The highest BCUT2D eigenvalue weighted by Crippen LogP contribution is 2.21. The maximum Gasteiger partial charge on any atom is 0.191 e. The number of hydrogen-bond donors (Lipinski definition) is 1. The van der Waals surface area contributed by atoms with Crippen LogP contribution in [0.1, 0.15) is 18.4 Å². The van der Waals surface area contributed by atoms with Crippen LogP contribution in [0.25, 0.3) is 0 Å². The van der Waals surface area contributed by atoms with Gasteiger partial charge in [0.25, 0.3) is 0 Å². The van der Waals surface area contributed by atoms with Gasteiger partial charge in [0.1, 0.15) is 0 Å². The summed E-state index contributed by atoms with van der Waals surface area (Å²) in [4.78, 5) is 16.2. The van der Waals surface area contributed by atoms with Crippen molar-refractivity contribution in [1.82, 2.24) is 14.8 Å². The molecule has 3 heterocycles. The third kappa shape index (κ3) is 4.59. The molecule has 0 saturated carbocycles. The van der Waals surface area contributed by atoms with E-state index in [9.17, 15) is 0 Å². The molecule has 0 spiro atoms. The molecular weight excluding hydrogens is 356 g/mol. The fourth-order valence-corrected chi connectivity index (χ4v) is 4.62. The molecule has 1 unspecified atom stereocenters. The van der Waals surface area contributed by atoms with Gasteiger partial charge >= 0.3 is 0 Å². The van der Waals surface area contributed by atoms with Crippen LogP contribution in [0.2, 0.25) is 0 Å². The third-order valence-electron chi connectivity index (χ3n) is 5.49. The van der Waals surface area contributed by atoms with Crippen LogP contribution in [0.4, 0.5) is 5.13 Å². The molecule has 2 N–H and O–H groups in total. The average molecular weight is 385 g/mol. The smallest absolute Gasteiger partial charge is 0.191 e. The van der Waals surface area contributed by atoms with Crippen molar-refractivity contribution in [1.29, 1.82) is 0 Å². The number of aromatic nitrogens is 1. The second-order valence-electron chi connectivity index (χ2n) is 7.24. The molecule has 27 heavy (non-hydrogen) atoms. The molecule has 1 atom stereocenters. The largest absolute Gasteiger partial charge is 0.370 e. The third-order valence-corrected chi connectivity index (χ3v) is 6.32. The molecule has 6 nitrogen and oxygen atoms in total. The Balaban J connectivity index is 1.28. The van der Waals surface area contributed by atoms with E-state index < -0.39 is 0 Å². The molecule has 2 aromatic rings. The molecule has 2 saturated heterocycles. The van der Waals surface area contributed by atoms with Gasteiger partial charge in [-0.05, 0) is 24.9 Å². The number of likely N-dealkylation sites (tertiary alicyclic amines) is 1. The highest BCUT2D eigenvalue weighted by molar-refractivity contribution is 7.13. The maximum atomic E-state index is 6.31. The lowest BCUT2D eigenvalue weighted by Crippen LogP contribution is -2.51. The standard InChI is InChI=1S/C20H28N6S/c21-19(24-10-12-25(13-11-24)20-22-8-14-27-20)23-15-18-7-4-9-26(18)16-17-5-2-1-3-6-17/h1-3,5-6,8,14,18H,4,7,9-13,15-16H2,(H2,21,23). The van der Waals surface area contributed by atoms with Crippen molar-refractivity contribution in [3.05, 3.63) is 47.5 Å². The van der Waals surface area contributed by atoms with Crippen LogP contribution in [0.15, 0.2) is 46.9 Å². The number of piperazine rings is 1.